The first-order valence-corrected chi connectivity index (χ1v) is 21.7. The summed E-state index contributed by atoms with van der Waals surface area (Å²) in [5, 5.41) is 34.1. The van der Waals surface area contributed by atoms with Crippen LogP contribution in [0.1, 0.15) is 61.4 Å². The second-order valence-corrected chi connectivity index (χ2v) is 15.9. The third-order valence-electron chi connectivity index (χ3n) is 9.63. The van der Waals surface area contributed by atoms with E-state index >= 15 is 0 Å². The zero-order chi connectivity index (χ0) is 47.0. The van der Waals surface area contributed by atoms with E-state index in [0.29, 0.717) is 67.5 Å². The van der Waals surface area contributed by atoms with Crippen molar-refractivity contribution in [2.75, 3.05) is 26.3 Å². The molecule has 338 valence electrons. The van der Waals surface area contributed by atoms with E-state index in [1.807, 2.05) is 18.2 Å². The number of hydrogen-bond donors (Lipinski definition) is 4. The van der Waals surface area contributed by atoms with Gasteiger partial charge in [-0.3, -0.25) is 19.6 Å². The van der Waals surface area contributed by atoms with Crippen molar-refractivity contribution in [2.45, 2.75) is 39.3 Å². The summed E-state index contributed by atoms with van der Waals surface area (Å²) < 4.78 is 24.5. The summed E-state index contributed by atoms with van der Waals surface area (Å²) >= 11 is 27.4. The van der Waals surface area contributed by atoms with E-state index in [9.17, 15) is 25.1 Å². The molecule has 6 aromatic rings. The van der Waals surface area contributed by atoms with Crippen LogP contribution in [0.5, 0.6) is 23.0 Å². The lowest BCUT2D eigenvalue weighted by Gasteiger charge is -2.17. The van der Waals surface area contributed by atoms with E-state index in [1.54, 1.807) is 48.8 Å². The van der Waals surface area contributed by atoms with Gasteiger partial charge >= 0.3 is 0 Å². The number of ether oxygens (including phenoxy) is 4. The molecule has 6 rings (SSSR count). The van der Waals surface area contributed by atoms with Gasteiger partial charge in [-0.2, -0.15) is 5.26 Å². The standard InChI is InChI=1S/C48H40Cl4N6O8/c1-54-34-15-31(23-56-24-34)26-64-42-19-44(40(50)17-38(42)48(62)58-11-5-13-60)66-28-33-7-3-9-36(46(33)52)35-8-2-6-32(45(35)51)27-65-43-18-41(63-25-30-14-29(20-53)21-55-22-30)37(16-39(43)49)47(61)57-10-4-12-59/h2-3,6-9,14-19,21-24,59-60H,4-5,10-13,25-28H2,(H,57,61)(H,58,62). The van der Waals surface area contributed by atoms with Crippen LogP contribution in [0.25, 0.3) is 16.0 Å². The SMILES string of the molecule is [C-]#[N+]c1cncc(COc2cc(OCc3cccc(-c4cccc(COc5cc(OCc6cncc(C#N)c6)c(C(=O)NCCCO)cc5Cl)c4Cl)c3Cl)c(Cl)cc2C(=O)NCCCO)c1. The molecule has 0 saturated carbocycles. The fourth-order valence-corrected chi connectivity index (χ4v) is 7.31. The molecule has 0 fully saturated rings. The van der Waals surface area contributed by atoms with Crippen LogP contribution in [0.3, 0.4) is 0 Å². The van der Waals surface area contributed by atoms with Gasteiger partial charge in [0, 0.05) is 91.0 Å². The summed E-state index contributed by atoms with van der Waals surface area (Å²) in [4.78, 5) is 37.9. The number of pyridine rings is 2. The number of carbonyl (C=O) groups is 2. The maximum Gasteiger partial charge on any atom is 0.255 e. The Morgan fingerprint density at radius 1 is 0.636 bits per heavy atom. The van der Waals surface area contributed by atoms with Crippen molar-refractivity contribution in [1.82, 2.24) is 20.6 Å². The molecule has 0 bridgehead atoms. The smallest absolute Gasteiger partial charge is 0.255 e. The van der Waals surface area contributed by atoms with Gasteiger partial charge in [-0.15, -0.1) is 0 Å². The average molecular weight is 971 g/mol. The largest absolute Gasteiger partial charge is 0.488 e. The molecular formula is C48H40Cl4N6O8. The number of benzene rings is 4. The monoisotopic (exact) mass is 968 g/mol. The maximum atomic E-state index is 13.2. The predicted molar refractivity (Wildman–Crippen MR) is 250 cm³/mol. The number of nitrogens with zero attached hydrogens (tertiary/aromatic N) is 4. The van der Waals surface area contributed by atoms with Gasteiger partial charge in [0.15, 0.2) is 0 Å². The Balaban J connectivity index is 1.20. The van der Waals surface area contributed by atoms with Gasteiger partial charge in [-0.1, -0.05) is 82.8 Å². The molecule has 4 N–H and O–H groups in total. The van der Waals surface area contributed by atoms with Crippen molar-refractivity contribution < 1.29 is 38.7 Å². The van der Waals surface area contributed by atoms with E-state index in [0.717, 1.165) is 0 Å². The highest BCUT2D eigenvalue weighted by Crippen LogP contribution is 2.40. The summed E-state index contributed by atoms with van der Waals surface area (Å²) in [6.07, 6.45) is 6.67. The number of nitrogens with one attached hydrogen (secondary N) is 2. The lowest BCUT2D eigenvalue weighted by molar-refractivity contribution is 0.0937. The number of amides is 2. The third kappa shape index (κ3) is 12.8. The number of hydrogen-bond acceptors (Lipinski definition) is 11. The first-order chi connectivity index (χ1) is 32.0. The van der Waals surface area contributed by atoms with Crippen LogP contribution < -0.4 is 29.6 Å². The second-order valence-electron chi connectivity index (χ2n) is 14.3. The maximum absolute atomic E-state index is 13.2. The Bertz CT molecular complexity index is 2610. The highest BCUT2D eigenvalue weighted by Gasteiger charge is 2.21. The Hall–Kier alpha value is -6.62. The van der Waals surface area contributed by atoms with Crippen LogP contribution in [0.4, 0.5) is 5.69 Å². The number of halogens is 4. The quantitative estimate of drug-likeness (QED) is 0.0397. The molecule has 0 radical (unpaired) electrons. The molecule has 0 aliphatic heterocycles. The zero-order valence-electron chi connectivity index (χ0n) is 35.0. The van der Waals surface area contributed by atoms with E-state index in [1.165, 1.54) is 36.7 Å². The third-order valence-corrected chi connectivity index (χ3v) is 11.1. The Labute approximate surface area is 400 Å². The molecular weight excluding hydrogens is 930 g/mol. The van der Waals surface area contributed by atoms with Crippen LogP contribution in [0.2, 0.25) is 20.1 Å². The lowest BCUT2D eigenvalue weighted by Crippen LogP contribution is -2.25. The Kier molecular flexibility index (Phi) is 17.8. The molecule has 2 amide bonds. The number of carbonyl (C=O) groups excluding carboxylic acids is 2. The van der Waals surface area contributed by atoms with Crippen LogP contribution in [-0.4, -0.2) is 58.3 Å². The minimum absolute atomic E-state index is 0.00813. The summed E-state index contributed by atoms with van der Waals surface area (Å²) in [6.45, 7) is 7.45. The van der Waals surface area contributed by atoms with Crippen molar-refractivity contribution in [3.8, 4) is 40.2 Å². The fourth-order valence-electron chi connectivity index (χ4n) is 6.31. The summed E-state index contributed by atoms with van der Waals surface area (Å²) in [6, 6.07) is 21.9. The van der Waals surface area contributed by atoms with E-state index in [-0.39, 0.29) is 96.9 Å². The number of aliphatic hydroxyl groups is 2. The molecule has 0 aliphatic rings. The van der Waals surface area contributed by atoms with Gasteiger partial charge in [0.05, 0.1) is 43.4 Å². The highest BCUT2D eigenvalue weighted by atomic mass is 35.5. The van der Waals surface area contributed by atoms with Crippen LogP contribution in [0.15, 0.2) is 97.6 Å². The van der Waals surface area contributed by atoms with Gasteiger partial charge in [-0.05, 0) is 42.7 Å². The Morgan fingerprint density at radius 3 is 1.58 bits per heavy atom. The van der Waals surface area contributed by atoms with Crippen LogP contribution in [0, 0.1) is 17.9 Å². The average Bonchev–Trinajstić information content (AvgIpc) is 3.33. The lowest BCUT2D eigenvalue weighted by atomic mass is 10.0. The number of nitriles is 1. The van der Waals surface area contributed by atoms with Gasteiger partial charge in [-0.25, -0.2) is 4.85 Å². The molecule has 0 saturated heterocycles. The minimum atomic E-state index is -0.472. The van der Waals surface area contributed by atoms with Crippen molar-refractivity contribution in [1.29, 1.82) is 5.26 Å². The number of rotatable bonds is 21. The normalized spacial score (nSPS) is 10.7. The molecule has 14 nitrogen and oxygen atoms in total. The molecule has 0 unspecified atom stereocenters. The molecule has 66 heavy (non-hydrogen) atoms. The van der Waals surface area contributed by atoms with Crippen molar-refractivity contribution in [3.63, 3.8) is 0 Å². The molecule has 4 aromatic carbocycles. The van der Waals surface area contributed by atoms with Crippen molar-refractivity contribution >= 4 is 63.9 Å². The summed E-state index contributed by atoms with van der Waals surface area (Å²) in [5.41, 5.74) is 4.55. The van der Waals surface area contributed by atoms with Gasteiger partial charge in [0.25, 0.3) is 11.8 Å². The number of aromatic nitrogens is 2. The van der Waals surface area contributed by atoms with E-state index in [2.05, 4.69) is 25.4 Å². The first kappa shape index (κ1) is 48.8. The molecule has 2 aromatic heterocycles. The Morgan fingerprint density at radius 2 is 1.11 bits per heavy atom. The topological polar surface area (TPSA) is 190 Å². The second kappa shape index (κ2) is 24.1. The van der Waals surface area contributed by atoms with Gasteiger partial charge in [0.1, 0.15) is 55.5 Å². The highest BCUT2D eigenvalue weighted by molar-refractivity contribution is 6.37. The molecule has 0 atom stereocenters. The van der Waals surface area contributed by atoms with E-state index < -0.39 is 11.8 Å². The van der Waals surface area contributed by atoms with E-state index in [4.69, 9.17) is 71.9 Å². The minimum Gasteiger partial charge on any atom is -0.488 e. The summed E-state index contributed by atoms with van der Waals surface area (Å²) in [5.74, 6) is -0.210. The zero-order valence-corrected chi connectivity index (χ0v) is 38.0. The summed E-state index contributed by atoms with van der Waals surface area (Å²) in [7, 11) is 0. The number of aliphatic hydroxyl groups excluding tert-OH is 2. The van der Waals surface area contributed by atoms with Crippen molar-refractivity contribution in [2.24, 2.45) is 0 Å². The molecule has 2 heterocycles. The van der Waals surface area contributed by atoms with Gasteiger partial charge in [0.2, 0.25) is 5.69 Å². The molecule has 0 spiro atoms. The fraction of sp³-hybridized carbons (Fsp3) is 0.208. The van der Waals surface area contributed by atoms with Gasteiger partial charge < -0.3 is 39.8 Å². The van der Waals surface area contributed by atoms with Crippen LogP contribution >= 0.6 is 46.4 Å². The molecule has 18 heteroatoms. The van der Waals surface area contributed by atoms with Crippen LogP contribution in [-0.2, 0) is 26.4 Å². The van der Waals surface area contributed by atoms with Crippen molar-refractivity contribution in [3.05, 3.63) is 168 Å². The molecule has 0 aliphatic carbocycles. The predicted octanol–water partition coefficient (Wildman–Crippen LogP) is 9.72. The first-order valence-electron chi connectivity index (χ1n) is 20.2.